The van der Waals surface area contributed by atoms with Gasteiger partial charge in [0.15, 0.2) is 11.5 Å². The lowest BCUT2D eigenvalue weighted by atomic mass is 10.1. The van der Waals surface area contributed by atoms with Gasteiger partial charge in [0, 0.05) is 12.1 Å². The first-order chi connectivity index (χ1) is 9.07. The molecule has 104 valence electrons. The first kappa shape index (κ1) is 14.6. The van der Waals surface area contributed by atoms with Crippen LogP contribution in [-0.2, 0) is 9.47 Å². The molecule has 19 heavy (non-hydrogen) atoms. The van der Waals surface area contributed by atoms with Gasteiger partial charge in [-0.05, 0) is 0 Å². The Bertz CT molecular complexity index is 481. The summed E-state index contributed by atoms with van der Waals surface area (Å²) < 4.78 is 23.9. The van der Waals surface area contributed by atoms with E-state index in [2.05, 4.69) is 9.47 Å². The minimum atomic E-state index is -0.931. The second kappa shape index (κ2) is 6.48. The summed E-state index contributed by atoms with van der Waals surface area (Å²) in [6.07, 6.45) is -0.931. The number of benzene rings is 1. The number of carbonyl (C=O) groups excluding carboxylic acids is 2. The Balaban J connectivity index is 3.28. The van der Waals surface area contributed by atoms with E-state index in [9.17, 15) is 9.59 Å². The Morgan fingerprint density at radius 2 is 1.47 bits per heavy atom. The third-order valence-corrected chi connectivity index (χ3v) is 2.25. The second-order valence-electron chi connectivity index (χ2n) is 3.25. The quantitative estimate of drug-likeness (QED) is 0.607. The van der Waals surface area contributed by atoms with Crippen LogP contribution in [0.25, 0.3) is 0 Å². The largest absolute Gasteiger partial charge is 0.513 e. The molecule has 0 aliphatic rings. The van der Waals surface area contributed by atoms with Crippen molar-refractivity contribution < 1.29 is 33.3 Å². The van der Waals surface area contributed by atoms with Gasteiger partial charge in [0.05, 0.1) is 28.4 Å². The lowest BCUT2D eigenvalue weighted by Crippen LogP contribution is -2.10. The minimum Gasteiger partial charge on any atom is -0.496 e. The normalized spacial score (nSPS) is 9.47. The Morgan fingerprint density at radius 1 is 0.842 bits per heavy atom. The first-order valence-corrected chi connectivity index (χ1v) is 5.17. The van der Waals surface area contributed by atoms with Gasteiger partial charge >= 0.3 is 12.1 Å². The summed E-state index contributed by atoms with van der Waals surface area (Å²) in [6.45, 7) is 0. The average molecular weight is 270 g/mol. The molecule has 0 heterocycles. The van der Waals surface area contributed by atoms with E-state index >= 15 is 0 Å². The van der Waals surface area contributed by atoms with E-state index in [1.54, 1.807) is 0 Å². The van der Waals surface area contributed by atoms with Crippen molar-refractivity contribution in [3.63, 3.8) is 0 Å². The molecule has 7 nitrogen and oxygen atoms in total. The van der Waals surface area contributed by atoms with Gasteiger partial charge < -0.3 is 23.7 Å². The van der Waals surface area contributed by atoms with Gasteiger partial charge in [-0.3, -0.25) is 0 Å². The van der Waals surface area contributed by atoms with Crippen molar-refractivity contribution in [3.05, 3.63) is 17.7 Å². The van der Waals surface area contributed by atoms with Crippen LogP contribution < -0.4 is 14.2 Å². The van der Waals surface area contributed by atoms with Crippen LogP contribution in [0.2, 0.25) is 0 Å². The first-order valence-electron chi connectivity index (χ1n) is 5.17. The van der Waals surface area contributed by atoms with E-state index in [0.29, 0.717) is 0 Å². The molecule has 0 spiro atoms. The molecule has 0 aliphatic carbocycles. The van der Waals surface area contributed by atoms with Crippen molar-refractivity contribution in [2.45, 2.75) is 0 Å². The van der Waals surface area contributed by atoms with E-state index in [-0.39, 0.29) is 22.8 Å². The van der Waals surface area contributed by atoms with Gasteiger partial charge in [0.25, 0.3) is 0 Å². The van der Waals surface area contributed by atoms with Crippen LogP contribution in [0.1, 0.15) is 10.4 Å². The SMILES string of the molecule is COC(=O)Oc1cc(C(=O)OC)c(OC)cc1OC. The Hall–Kier alpha value is -2.44. The minimum absolute atomic E-state index is 0.0237. The molecule has 0 N–H and O–H groups in total. The summed E-state index contributed by atoms with van der Waals surface area (Å²) in [5.74, 6) is -0.152. The van der Waals surface area contributed by atoms with Crippen LogP contribution in [0.5, 0.6) is 17.2 Å². The molecule has 0 amide bonds. The highest BCUT2D eigenvalue weighted by atomic mass is 16.7. The Morgan fingerprint density at radius 3 is 1.95 bits per heavy atom. The number of hydrogen-bond acceptors (Lipinski definition) is 7. The van der Waals surface area contributed by atoms with Gasteiger partial charge in [-0.2, -0.15) is 0 Å². The van der Waals surface area contributed by atoms with Crippen LogP contribution >= 0.6 is 0 Å². The number of carbonyl (C=O) groups is 2. The highest BCUT2D eigenvalue weighted by Gasteiger charge is 2.20. The summed E-state index contributed by atoms with van der Waals surface area (Å²) in [5, 5.41) is 0. The van der Waals surface area contributed by atoms with E-state index in [1.807, 2.05) is 0 Å². The summed E-state index contributed by atoms with van der Waals surface area (Å²) in [6, 6.07) is 2.69. The monoisotopic (exact) mass is 270 g/mol. The van der Waals surface area contributed by atoms with Crippen LogP contribution in [-0.4, -0.2) is 40.6 Å². The van der Waals surface area contributed by atoms with Crippen molar-refractivity contribution in [3.8, 4) is 17.2 Å². The topological polar surface area (TPSA) is 80.3 Å². The van der Waals surface area contributed by atoms with Crippen LogP contribution in [0.3, 0.4) is 0 Å². The molecule has 0 saturated heterocycles. The van der Waals surface area contributed by atoms with Crippen LogP contribution in [0, 0.1) is 0 Å². The zero-order chi connectivity index (χ0) is 14.4. The number of esters is 1. The molecule has 0 unspecified atom stereocenters. The molecular weight excluding hydrogens is 256 g/mol. The van der Waals surface area contributed by atoms with Gasteiger partial charge in [-0.15, -0.1) is 0 Å². The van der Waals surface area contributed by atoms with E-state index in [1.165, 1.54) is 40.6 Å². The second-order valence-corrected chi connectivity index (χ2v) is 3.25. The van der Waals surface area contributed by atoms with Crippen molar-refractivity contribution in [2.24, 2.45) is 0 Å². The molecule has 0 fully saturated rings. The smallest absolute Gasteiger partial charge is 0.496 e. The fraction of sp³-hybridized carbons (Fsp3) is 0.333. The number of rotatable bonds is 4. The van der Waals surface area contributed by atoms with E-state index in [0.717, 1.165) is 0 Å². The molecule has 0 bridgehead atoms. The summed E-state index contributed by atoms with van der Waals surface area (Å²) in [4.78, 5) is 22.7. The predicted octanol–water partition coefficient (Wildman–Crippen LogP) is 1.64. The lowest BCUT2D eigenvalue weighted by molar-refractivity contribution is 0.0595. The standard InChI is InChI=1S/C12H14O7/c1-15-8-6-9(16-2)10(19-12(14)18-4)5-7(8)11(13)17-3/h5-6H,1-4H3. The zero-order valence-electron chi connectivity index (χ0n) is 11.0. The lowest BCUT2D eigenvalue weighted by Gasteiger charge is -2.13. The number of ether oxygens (including phenoxy) is 5. The third kappa shape index (κ3) is 3.27. The fourth-order valence-corrected chi connectivity index (χ4v) is 1.35. The molecule has 1 rings (SSSR count). The third-order valence-electron chi connectivity index (χ3n) is 2.25. The van der Waals surface area contributed by atoms with Crippen molar-refractivity contribution >= 4 is 12.1 Å². The Labute approximate surface area is 110 Å². The zero-order valence-corrected chi connectivity index (χ0v) is 11.0. The van der Waals surface area contributed by atoms with Crippen LogP contribution in [0.15, 0.2) is 12.1 Å². The van der Waals surface area contributed by atoms with Gasteiger partial charge in [0.1, 0.15) is 11.3 Å². The summed E-state index contributed by atoms with van der Waals surface area (Å²) in [5.41, 5.74) is 0.102. The molecule has 7 heteroatoms. The van der Waals surface area contributed by atoms with Gasteiger partial charge in [0.2, 0.25) is 0 Å². The van der Waals surface area contributed by atoms with Crippen molar-refractivity contribution in [1.29, 1.82) is 0 Å². The molecule has 0 aromatic heterocycles. The van der Waals surface area contributed by atoms with Crippen LogP contribution in [0.4, 0.5) is 4.79 Å². The maximum absolute atomic E-state index is 11.6. The number of hydrogen-bond donors (Lipinski definition) is 0. The fourth-order valence-electron chi connectivity index (χ4n) is 1.35. The van der Waals surface area contributed by atoms with E-state index < -0.39 is 12.1 Å². The molecule has 0 saturated carbocycles. The summed E-state index contributed by atoms with van der Waals surface area (Å²) >= 11 is 0. The average Bonchev–Trinajstić information content (AvgIpc) is 2.45. The molecule has 0 radical (unpaired) electrons. The van der Waals surface area contributed by atoms with Crippen molar-refractivity contribution in [1.82, 2.24) is 0 Å². The molecule has 1 aromatic rings. The highest BCUT2D eigenvalue weighted by molar-refractivity contribution is 5.93. The molecule has 0 atom stereocenters. The summed E-state index contributed by atoms with van der Waals surface area (Å²) in [7, 11) is 5.17. The van der Waals surface area contributed by atoms with Crippen molar-refractivity contribution in [2.75, 3.05) is 28.4 Å². The Kier molecular flexibility index (Phi) is 4.99. The molecule has 1 aromatic carbocycles. The van der Waals surface area contributed by atoms with Gasteiger partial charge in [-0.25, -0.2) is 9.59 Å². The highest BCUT2D eigenvalue weighted by Crippen LogP contribution is 2.35. The van der Waals surface area contributed by atoms with Gasteiger partial charge in [-0.1, -0.05) is 0 Å². The predicted molar refractivity (Wildman–Crippen MR) is 63.9 cm³/mol. The molecular formula is C12H14O7. The maximum Gasteiger partial charge on any atom is 0.513 e. The van der Waals surface area contributed by atoms with E-state index in [4.69, 9.17) is 14.2 Å². The maximum atomic E-state index is 11.6. The molecule has 0 aliphatic heterocycles. The number of methoxy groups -OCH3 is 4.